The largest absolute Gasteiger partial charge is 0.492 e. The maximum atomic E-state index is 12.0. The van der Waals surface area contributed by atoms with Gasteiger partial charge in [-0.05, 0) is 6.08 Å². The number of rotatable bonds is 10. The Morgan fingerprint density at radius 3 is 1.59 bits per heavy atom. The summed E-state index contributed by atoms with van der Waals surface area (Å²) in [7, 11) is 0. The predicted molar refractivity (Wildman–Crippen MR) is 123 cm³/mol. The van der Waals surface area contributed by atoms with Gasteiger partial charge in [-0.2, -0.15) is 0 Å². The van der Waals surface area contributed by atoms with Gasteiger partial charge in [-0.1, -0.05) is 0 Å². The molecule has 1 fully saturated rings. The normalized spacial score (nSPS) is 29.7. The lowest BCUT2D eigenvalue weighted by Crippen LogP contribution is -2.64. The van der Waals surface area contributed by atoms with Crippen LogP contribution in [0, 0.1) is 0 Å². The van der Waals surface area contributed by atoms with E-state index >= 15 is 0 Å². The van der Waals surface area contributed by atoms with Crippen molar-refractivity contribution in [1.29, 1.82) is 0 Å². The molecule has 0 aromatic heterocycles. The highest BCUT2D eigenvalue weighted by Gasteiger charge is 2.54. The average Bonchev–Trinajstić information content (AvgIpc) is 2.80. The first-order chi connectivity index (χ1) is 18.3. The molecule has 218 valence electrons. The van der Waals surface area contributed by atoms with E-state index < -0.39 is 91.4 Å². The van der Waals surface area contributed by atoms with Gasteiger partial charge in [0.25, 0.3) is 0 Å². The van der Waals surface area contributed by atoms with Gasteiger partial charge in [0, 0.05) is 41.5 Å². The molecule has 0 amide bonds. The molecular formula is C24H32O15. The van der Waals surface area contributed by atoms with Crippen LogP contribution in [0.5, 0.6) is 0 Å². The van der Waals surface area contributed by atoms with Crippen molar-refractivity contribution >= 4 is 35.8 Å². The van der Waals surface area contributed by atoms with Gasteiger partial charge in [0.1, 0.15) is 25.4 Å². The van der Waals surface area contributed by atoms with Crippen molar-refractivity contribution in [3.8, 4) is 0 Å². The van der Waals surface area contributed by atoms with Crippen molar-refractivity contribution in [2.24, 2.45) is 0 Å². The SMILES string of the molecule is CC(=O)OC[C@@H]1O[C@H](O[C@H]2[C@H](COC(C)=O)OC=C[C@H]2OC(C)=O)[C@@H](OC(C)=O)[C@H](OC(C)=O)[C@H]1OC(C)=O. The molecule has 0 bridgehead atoms. The van der Waals surface area contributed by atoms with Crippen molar-refractivity contribution in [2.45, 2.75) is 90.6 Å². The van der Waals surface area contributed by atoms with Crippen LogP contribution in [0.25, 0.3) is 0 Å². The first kappa shape index (κ1) is 31.5. The van der Waals surface area contributed by atoms with Crippen LogP contribution in [-0.2, 0) is 71.4 Å². The molecule has 15 heteroatoms. The van der Waals surface area contributed by atoms with E-state index in [4.69, 9.17) is 42.6 Å². The molecular weight excluding hydrogens is 528 g/mol. The highest BCUT2D eigenvalue weighted by atomic mass is 16.7. The Hall–Kier alpha value is -3.72. The Morgan fingerprint density at radius 1 is 0.590 bits per heavy atom. The summed E-state index contributed by atoms with van der Waals surface area (Å²) in [6, 6.07) is 0. The zero-order valence-electron chi connectivity index (χ0n) is 22.3. The molecule has 0 radical (unpaired) electrons. The third-order valence-corrected chi connectivity index (χ3v) is 5.20. The highest BCUT2D eigenvalue weighted by molar-refractivity contribution is 5.69. The van der Waals surface area contributed by atoms with Gasteiger partial charge < -0.3 is 42.6 Å². The summed E-state index contributed by atoms with van der Waals surface area (Å²) >= 11 is 0. The van der Waals surface area contributed by atoms with E-state index in [0.717, 1.165) is 34.6 Å². The van der Waals surface area contributed by atoms with Crippen LogP contribution in [0.2, 0.25) is 0 Å². The Bertz CT molecular complexity index is 959. The van der Waals surface area contributed by atoms with E-state index in [9.17, 15) is 28.8 Å². The summed E-state index contributed by atoms with van der Waals surface area (Å²) in [6.07, 6.45) is -7.97. The summed E-state index contributed by atoms with van der Waals surface area (Å²) in [5.74, 6) is -4.43. The first-order valence-electron chi connectivity index (χ1n) is 11.9. The second-order valence-corrected chi connectivity index (χ2v) is 8.55. The van der Waals surface area contributed by atoms with E-state index in [1.165, 1.54) is 19.3 Å². The summed E-state index contributed by atoms with van der Waals surface area (Å²) < 4.78 is 49.0. The quantitative estimate of drug-likeness (QED) is 0.254. The van der Waals surface area contributed by atoms with Crippen molar-refractivity contribution in [1.82, 2.24) is 0 Å². The van der Waals surface area contributed by atoms with Crippen LogP contribution in [-0.4, -0.2) is 98.0 Å². The molecule has 2 aliphatic heterocycles. The molecule has 8 atom stereocenters. The summed E-state index contributed by atoms with van der Waals surface area (Å²) in [6.45, 7) is 5.92. The lowest BCUT2D eigenvalue weighted by atomic mass is 9.97. The number of ether oxygens (including phenoxy) is 9. The lowest BCUT2D eigenvalue weighted by Gasteiger charge is -2.46. The smallest absolute Gasteiger partial charge is 0.303 e. The van der Waals surface area contributed by atoms with E-state index in [1.807, 2.05) is 0 Å². The minimum Gasteiger partial charge on any atom is -0.492 e. The number of hydrogen-bond donors (Lipinski definition) is 0. The fraction of sp³-hybridized carbons (Fsp3) is 0.667. The first-order valence-corrected chi connectivity index (χ1v) is 11.9. The van der Waals surface area contributed by atoms with Crippen molar-refractivity contribution in [3.05, 3.63) is 12.3 Å². The fourth-order valence-electron chi connectivity index (χ4n) is 3.87. The molecule has 0 unspecified atom stereocenters. The van der Waals surface area contributed by atoms with Crippen LogP contribution in [0.15, 0.2) is 12.3 Å². The zero-order chi connectivity index (χ0) is 29.3. The van der Waals surface area contributed by atoms with Gasteiger partial charge in [-0.15, -0.1) is 0 Å². The van der Waals surface area contributed by atoms with Crippen LogP contribution >= 0.6 is 0 Å². The molecule has 0 saturated carbocycles. The van der Waals surface area contributed by atoms with Gasteiger partial charge in [0.15, 0.2) is 36.8 Å². The average molecular weight is 561 g/mol. The number of carbonyl (C=O) groups is 6. The molecule has 0 aromatic carbocycles. The summed E-state index contributed by atoms with van der Waals surface area (Å²) in [5, 5.41) is 0. The van der Waals surface area contributed by atoms with Gasteiger partial charge >= 0.3 is 35.8 Å². The molecule has 15 nitrogen and oxygen atoms in total. The molecule has 0 aliphatic carbocycles. The Kier molecular flexibility index (Phi) is 11.7. The number of esters is 6. The maximum absolute atomic E-state index is 12.0. The van der Waals surface area contributed by atoms with Gasteiger partial charge in [0.2, 0.25) is 0 Å². The maximum Gasteiger partial charge on any atom is 0.303 e. The molecule has 39 heavy (non-hydrogen) atoms. The molecule has 0 aromatic rings. The molecule has 0 spiro atoms. The Labute approximate surface area is 223 Å². The van der Waals surface area contributed by atoms with Gasteiger partial charge in [-0.25, -0.2) is 0 Å². The lowest BCUT2D eigenvalue weighted by molar-refractivity contribution is -0.328. The van der Waals surface area contributed by atoms with Gasteiger partial charge in [0.05, 0.1) is 6.26 Å². The van der Waals surface area contributed by atoms with Crippen LogP contribution in [0.4, 0.5) is 0 Å². The van der Waals surface area contributed by atoms with E-state index in [2.05, 4.69) is 0 Å². The standard InChI is InChI=1S/C24H32O15/c1-11(25)32-9-18-20(17(7-8-31-18)34-13(3)27)39-24-23(37-16(6)30)22(36-15(5)29)21(35-14(4)28)19(38-24)10-33-12(2)26/h7-8,17-24H,9-10H2,1-6H3/t17-,18+,19+,20-,21+,22-,23+,24-/m1/s1. The molecule has 2 rings (SSSR count). The summed E-state index contributed by atoms with van der Waals surface area (Å²) in [5.41, 5.74) is 0. The minimum atomic E-state index is -1.58. The fourth-order valence-corrected chi connectivity index (χ4v) is 3.87. The van der Waals surface area contributed by atoms with E-state index in [-0.39, 0.29) is 6.61 Å². The minimum absolute atomic E-state index is 0.326. The topological polar surface area (TPSA) is 185 Å². The van der Waals surface area contributed by atoms with Crippen molar-refractivity contribution < 1.29 is 71.4 Å². The van der Waals surface area contributed by atoms with Crippen molar-refractivity contribution in [2.75, 3.05) is 13.2 Å². The Balaban J connectivity index is 2.52. The molecule has 2 aliphatic rings. The third-order valence-electron chi connectivity index (χ3n) is 5.20. The second kappa shape index (κ2) is 14.4. The van der Waals surface area contributed by atoms with Crippen LogP contribution in [0.1, 0.15) is 41.5 Å². The van der Waals surface area contributed by atoms with Crippen LogP contribution in [0.3, 0.4) is 0 Å². The number of hydrogen-bond acceptors (Lipinski definition) is 15. The summed E-state index contributed by atoms with van der Waals surface area (Å²) in [4.78, 5) is 70.6. The van der Waals surface area contributed by atoms with Gasteiger partial charge in [-0.3, -0.25) is 28.8 Å². The monoisotopic (exact) mass is 560 g/mol. The number of carbonyl (C=O) groups excluding carboxylic acids is 6. The zero-order valence-corrected chi connectivity index (χ0v) is 22.3. The second-order valence-electron chi connectivity index (χ2n) is 8.55. The Morgan fingerprint density at radius 2 is 1.08 bits per heavy atom. The predicted octanol–water partition coefficient (Wildman–Crippen LogP) is -0.138. The van der Waals surface area contributed by atoms with E-state index in [0.29, 0.717) is 0 Å². The third kappa shape index (κ3) is 9.83. The molecule has 2 heterocycles. The van der Waals surface area contributed by atoms with Crippen LogP contribution < -0.4 is 0 Å². The highest BCUT2D eigenvalue weighted by Crippen LogP contribution is 2.32. The van der Waals surface area contributed by atoms with E-state index in [1.54, 1.807) is 0 Å². The van der Waals surface area contributed by atoms with Crippen molar-refractivity contribution in [3.63, 3.8) is 0 Å². The molecule has 0 N–H and O–H groups in total. The molecule has 1 saturated heterocycles.